The van der Waals surface area contributed by atoms with Crippen LogP contribution in [0.5, 0.6) is 0 Å². The number of rotatable bonds is 6. The average molecular weight is 402 g/mol. The van der Waals surface area contributed by atoms with Crippen LogP contribution >= 0.6 is 0 Å². The molecule has 5 rings (SSSR count). The van der Waals surface area contributed by atoms with Gasteiger partial charge in [0.15, 0.2) is 0 Å². The van der Waals surface area contributed by atoms with Crippen molar-refractivity contribution in [2.75, 3.05) is 0 Å². The van der Waals surface area contributed by atoms with Crippen molar-refractivity contribution < 1.29 is 5.11 Å². The van der Waals surface area contributed by atoms with Crippen molar-refractivity contribution in [2.45, 2.75) is 50.5 Å². The van der Waals surface area contributed by atoms with Gasteiger partial charge in [-0.25, -0.2) is 9.97 Å². The van der Waals surface area contributed by atoms with Crippen molar-refractivity contribution in [2.24, 2.45) is 11.8 Å². The Bertz CT molecular complexity index is 1060. The Morgan fingerprint density at radius 1 is 0.967 bits per heavy atom. The molecule has 0 aliphatic heterocycles. The highest BCUT2D eigenvalue weighted by Gasteiger charge is 2.33. The quantitative estimate of drug-likeness (QED) is 0.685. The number of aliphatic hydroxyl groups is 1. The van der Waals surface area contributed by atoms with E-state index in [-0.39, 0.29) is 17.6 Å². The summed E-state index contributed by atoms with van der Waals surface area (Å²) in [6, 6.07) is 8.96. The molecule has 0 bridgehead atoms. The second-order valence-electron chi connectivity index (χ2n) is 8.70. The van der Waals surface area contributed by atoms with Gasteiger partial charge in [0.05, 0.1) is 18.0 Å². The Labute approximate surface area is 175 Å². The van der Waals surface area contributed by atoms with E-state index in [9.17, 15) is 9.90 Å². The van der Waals surface area contributed by atoms with Crippen molar-refractivity contribution in [3.8, 4) is 5.69 Å². The molecule has 0 unspecified atom stereocenters. The second-order valence-corrected chi connectivity index (χ2v) is 8.70. The first-order valence-corrected chi connectivity index (χ1v) is 10.8. The van der Waals surface area contributed by atoms with Crippen LogP contribution in [0.2, 0.25) is 0 Å². The number of nitrogens with zero attached hydrogens (tertiary/aromatic N) is 4. The minimum Gasteiger partial charge on any atom is -0.393 e. The van der Waals surface area contributed by atoms with Gasteiger partial charge in [0.2, 0.25) is 0 Å². The molecular formula is C24H26N4O2. The standard InChI is InChI=1S/C24H26N4O2/c29-22-10-16(11-23-26-13-19(14-27-23)17-4-5-17)9-18(22)12-20-6-7-21(15-25-20)28-8-2-1-3-24(28)30/h1-3,6-8,13-18,22,29H,4-5,9-12H2/t16-,18+,22+/m1/s1. The Kier molecular flexibility index (Phi) is 5.17. The van der Waals surface area contributed by atoms with Gasteiger partial charge in [0, 0.05) is 36.8 Å². The van der Waals surface area contributed by atoms with Crippen LogP contribution in [0.1, 0.15) is 48.7 Å². The van der Waals surface area contributed by atoms with Crippen molar-refractivity contribution in [3.63, 3.8) is 0 Å². The summed E-state index contributed by atoms with van der Waals surface area (Å²) in [6.45, 7) is 0. The number of hydrogen-bond donors (Lipinski definition) is 1. The van der Waals surface area contributed by atoms with E-state index in [0.717, 1.165) is 42.9 Å². The lowest BCUT2D eigenvalue weighted by atomic mass is 9.97. The summed E-state index contributed by atoms with van der Waals surface area (Å²) in [5.74, 6) is 2.15. The Hall–Kier alpha value is -2.86. The van der Waals surface area contributed by atoms with E-state index in [1.165, 1.54) is 24.5 Å². The molecule has 1 N–H and O–H groups in total. The smallest absolute Gasteiger partial charge is 0.255 e. The van der Waals surface area contributed by atoms with E-state index in [0.29, 0.717) is 11.8 Å². The molecule has 6 nitrogen and oxygen atoms in total. The molecule has 0 aromatic carbocycles. The molecule has 154 valence electrons. The molecule has 2 aliphatic carbocycles. The number of hydrogen-bond acceptors (Lipinski definition) is 5. The summed E-state index contributed by atoms with van der Waals surface area (Å²) in [5, 5.41) is 10.6. The third-order valence-electron chi connectivity index (χ3n) is 6.38. The van der Waals surface area contributed by atoms with Gasteiger partial charge in [0.1, 0.15) is 5.82 Å². The summed E-state index contributed by atoms with van der Waals surface area (Å²) >= 11 is 0. The van der Waals surface area contributed by atoms with Crippen LogP contribution in [-0.2, 0) is 12.8 Å². The monoisotopic (exact) mass is 402 g/mol. The van der Waals surface area contributed by atoms with Crippen molar-refractivity contribution in [1.82, 2.24) is 19.5 Å². The maximum Gasteiger partial charge on any atom is 0.255 e. The summed E-state index contributed by atoms with van der Waals surface area (Å²) in [4.78, 5) is 25.6. The molecule has 0 saturated heterocycles. The summed E-state index contributed by atoms with van der Waals surface area (Å²) in [5.41, 5.74) is 2.88. The average Bonchev–Trinajstić information content (AvgIpc) is 3.55. The molecule has 3 heterocycles. The van der Waals surface area contributed by atoms with Gasteiger partial charge >= 0.3 is 0 Å². The van der Waals surface area contributed by atoms with Gasteiger partial charge in [-0.05, 0) is 73.6 Å². The third kappa shape index (κ3) is 4.19. The summed E-state index contributed by atoms with van der Waals surface area (Å²) < 4.78 is 1.58. The molecule has 3 atom stereocenters. The fraction of sp³-hybridized carbons (Fsp3) is 0.417. The van der Waals surface area contributed by atoms with E-state index >= 15 is 0 Å². The first-order valence-electron chi connectivity index (χ1n) is 10.8. The fourth-order valence-corrected chi connectivity index (χ4v) is 4.55. The molecule has 0 spiro atoms. The van der Waals surface area contributed by atoms with Crippen molar-refractivity contribution >= 4 is 0 Å². The molecule has 2 saturated carbocycles. The zero-order chi connectivity index (χ0) is 20.5. The van der Waals surface area contributed by atoms with Crippen LogP contribution in [0, 0.1) is 11.8 Å². The van der Waals surface area contributed by atoms with Gasteiger partial charge < -0.3 is 5.11 Å². The van der Waals surface area contributed by atoms with Crippen LogP contribution < -0.4 is 5.56 Å². The number of pyridine rings is 2. The molecule has 0 amide bonds. The van der Waals surface area contributed by atoms with Crippen LogP contribution in [-0.4, -0.2) is 30.7 Å². The number of aromatic nitrogens is 4. The van der Waals surface area contributed by atoms with Gasteiger partial charge in [0.25, 0.3) is 5.56 Å². The highest BCUT2D eigenvalue weighted by atomic mass is 16.3. The van der Waals surface area contributed by atoms with Gasteiger partial charge in [-0.15, -0.1) is 0 Å². The zero-order valence-electron chi connectivity index (χ0n) is 16.9. The van der Waals surface area contributed by atoms with Crippen LogP contribution in [0.3, 0.4) is 0 Å². The second kappa shape index (κ2) is 8.11. The first kappa shape index (κ1) is 19.1. The minimum absolute atomic E-state index is 0.0755. The Morgan fingerprint density at radius 3 is 2.50 bits per heavy atom. The predicted octanol–water partition coefficient (Wildman–Crippen LogP) is 3.07. The van der Waals surface area contributed by atoms with Crippen LogP contribution in [0.15, 0.2) is 59.9 Å². The van der Waals surface area contributed by atoms with Crippen LogP contribution in [0.4, 0.5) is 0 Å². The topological polar surface area (TPSA) is 80.9 Å². The molecule has 6 heteroatoms. The molecule has 0 radical (unpaired) electrons. The van der Waals surface area contributed by atoms with E-state index in [1.54, 1.807) is 23.0 Å². The highest BCUT2D eigenvalue weighted by molar-refractivity contribution is 5.30. The Morgan fingerprint density at radius 2 is 1.80 bits per heavy atom. The molecule has 30 heavy (non-hydrogen) atoms. The zero-order valence-corrected chi connectivity index (χ0v) is 16.9. The fourth-order valence-electron chi connectivity index (χ4n) is 4.55. The largest absolute Gasteiger partial charge is 0.393 e. The lowest BCUT2D eigenvalue weighted by Gasteiger charge is -2.14. The maximum absolute atomic E-state index is 12.0. The molecule has 2 aliphatic rings. The predicted molar refractivity (Wildman–Crippen MR) is 113 cm³/mol. The van der Waals surface area contributed by atoms with Gasteiger partial charge in [-0.3, -0.25) is 14.3 Å². The van der Waals surface area contributed by atoms with Gasteiger partial charge in [-0.2, -0.15) is 0 Å². The van der Waals surface area contributed by atoms with E-state index in [4.69, 9.17) is 0 Å². The SMILES string of the molecule is O=c1ccccn1-c1ccc(C[C@@H]2C[C@@H](Cc3ncc(C4CC4)cn3)C[C@@H]2O)nc1. The molecule has 3 aromatic heterocycles. The Balaban J connectivity index is 1.20. The van der Waals surface area contributed by atoms with E-state index in [1.807, 2.05) is 30.6 Å². The molecule has 3 aromatic rings. The van der Waals surface area contributed by atoms with Crippen LogP contribution in [0.25, 0.3) is 5.69 Å². The first-order chi connectivity index (χ1) is 14.7. The van der Waals surface area contributed by atoms with Crippen molar-refractivity contribution in [3.05, 3.63) is 82.6 Å². The highest BCUT2D eigenvalue weighted by Crippen LogP contribution is 2.39. The minimum atomic E-state index is -0.320. The lowest BCUT2D eigenvalue weighted by Crippen LogP contribution is -2.17. The summed E-state index contributed by atoms with van der Waals surface area (Å²) in [6.07, 6.45) is 12.9. The normalized spacial score (nSPS) is 23.6. The lowest BCUT2D eigenvalue weighted by molar-refractivity contribution is 0.130. The van der Waals surface area contributed by atoms with Gasteiger partial charge in [-0.1, -0.05) is 6.07 Å². The molecular weight excluding hydrogens is 376 g/mol. The van der Waals surface area contributed by atoms with Crippen molar-refractivity contribution in [1.29, 1.82) is 0 Å². The third-order valence-corrected chi connectivity index (χ3v) is 6.38. The van der Waals surface area contributed by atoms with E-state index < -0.39 is 0 Å². The maximum atomic E-state index is 12.0. The number of aliphatic hydroxyl groups excluding tert-OH is 1. The summed E-state index contributed by atoms with van der Waals surface area (Å²) in [7, 11) is 0. The molecule has 2 fully saturated rings. The van der Waals surface area contributed by atoms with E-state index in [2.05, 4.69) is 15.0 Å².